The summed E-state index contributed by atoms with van der Waals surface area (Å²) in [4.78, 5) is 26.1. The first-order valence-corrected chi connectivity index (χ1v) is 7.83. The van der Waals surface area contributed by atoms with Crippen LogP contribution in [-0.2, 0) is 11.8 Å². The molecule has 0 bridgehead atoms. The summed E-state index contributed by atoms with van der Waals surface area (Å²) in [7, 11) is 1.66. The molecule has 108 valence electrons. The largest absolute Gasteiger partial charge is 0.363 e. The lowest BCUT2D eigenvalue weighted by molar-refractivity contribution is 0.00347. The van der Waals surface area contributed by atoms with Crippen LogP contribution in [0.1, 0.15) is 23.2 Å². The smallest absolute Gasteiger partial charge is 0.263 e. The number of likely N-dealkylation sites (tertiary alicyclic amines) is 1. The molecule has 0 saturated carbocycles. The van der Waals surface area contributed by atoms with Gasteiger partial charge < -0.3 is 14.2 Å². The number of ether oxygens (including phenoxy) is 1. The number of hydrogen-bond donors (Lipinski definition) is 0. The first-order valence-electron chi connectivity index (χ1n) is 6.84. The van der Waals surface area contributed by atoms with Gasteiger partial charge in [0.1, 0.15) is 10.5 Å². The fraction of sp³-hybridized carbons (Fsp3) is 0.571. The average Bonchev–Trinajstić information content (AvgIpc) is 2.90. The van der Waals surface area contributed by atoms with Crippen LogP contribution in [-0.4, -0.2) is 45.8 Å². The number of amides is 1. The van der Waals surface area contributed by atoms with Gasteiger partial charge in [-0.05, 0) is 12.1 Å². The third-order valence-corrected chi connectivity index (χ3v) is 5.40. The Morgan fingerprint density at radius 2 is 2.15 bits per heavy atom. The Hall–Kier alpha value is -1.27. The lowest BCUT2D eigenvalue weighted by atomic mass is 10.1. The molecule has 2 aliphatic heterocycles. The topological polar surface area (TPSA) is 51.5 Å². The Bertz CT molecular complexity index is 568. The number of aromatic nitrogens is 1. The average molecular weight is 294 g/mol. The molecule has 3 heterocycles. The highest BCUT2D eigenvalue weighted by Crippen LogP contribution is 2.41. The van der Waals surface area contributed by atoms with Crippen LogP contribution < -0.4 is 5.56 Å². The molecule has 0 N–H and O–H groups in total. The van der Waals surface area contributed by atoms with Crippen molar-refractivity contribution in [2.75, 3.05) is 25.4 Å². The number of hydrogen-bond acceptors (Lipinski definition) is 4. The number of carbonyl (C=O) groups is 1. The molecule has 1 amide bonds. The first kappa shape index (κ1) is 13.7. The summed E-state index contributed by atoms with van der Waals surface area (Å²) in [5.41, 5.74) is 0.0234. The van der Waals surface area contributed by atoms with Crippen molar-refractivity contribution in [3.63, 3.8) is 0 Å². The summed E-state index contributed by atoms with van der Waals surface area (Å²) in [6.45, 7) is 2.12. The van der Waals surface area contributed by atoms with Crippen molar-refractivity contribution in [3.05, 3.63) is 34.2 Å². The van der Waals surface area contributed by atoms with Gasteiger partial charge in [-0.1, -0.05) is 0 Å². The van der Waals surface area contributed by atoms with Crippen LogP contribution in [0.5, 0.6) is 0 Å². The van der Waals surface area contributed by atoms with E-state index in [-0.39, 0.29) is 22.0 Å². The Kier molecular flexibility index (Phi) is 3.60. The summed E-state index contributed by atoms with van der Waals surface area (Å²) in [6.07, 6.45) is 3.35. The molecule has 1 aromatic rings. The second-order valence-corrected chi connectivity index (χ2v) is 6.68. The first-order chi connectivity index (χ1) is 9.61. The lowest BCUT2D eigenvalue weighted by Crippen LogP contribution is -2.46. The second-order valence-electron chi connectivity index (χ2n) is 5.24. The molecular weight excluding hydrogens is 276 g/mol. The molecule has 0 aliphatic carbocycles. The molecule has 0 atom stereocenters. The summed E-state index contributed by atoms with van der Waals surface area (Å²) >= 11 is 1.85. The minimum absolute atomic E-state index is 0.0849. The van der Waals surface area contributed by atoms with E-state index in [4.69, 9.17) is 4.74 Å². The minimum atomic E-state index is -0.232. The van der Waals surface area contributed by atoms with E-state index in [1.54, 1.807) is 30.3 Å². The van der Waals surface area contributed by atoms with Gasteiger partial charge in [0.25, 0.3) is 11.5 Å². The number of rotatable bonds is 1. The second kappa shape index (κ2) is 5.26. The van der Waals surface area contributed by atoms with Gasteiger partial charge in [-0.15, -0.1) is 11.8 Å². The van der Waals surface area contributed by atoms with Crippen molar-refractivity contribution in [2.24, 2.45) is 7.05 Å². The highest BCUT2D eigenvalue weighted by molar-refractivity contribution is 8.00. The van der Waals surface area contributed by atoms with Gasteiger partial charge in [-0.3, -0.25) is 9.59 Å². The maximum Gasteiger partial charge on any atom is 0.263 e. The zero-order valence-corrected chi connectivity index (χ0v) is 12.3. The molecule has 5 nitrogen and oxygen atoms in total. The van der Waals surface area contributed by atoms with E-state index in [2.05, 4.69) is 0 Å². The van der Waals surface area contributed by atoms with Crippen LogP contribution in [0, 0.1) is 0 Å². The third kappa shape index (κ3) is 2.38. The van der Waals surface area contributed by atoms with E-state index < -0.39 is 0 Å². The molecular formula is C14H18N2O3S. The van der Waals surface area contributed by atoms with Crippen LogP contribution >= 0.6 is 11.8 Å². The Morgan fingerprint density at radius 1 is 1.40 bits per heavy atom. The molecule has 2 fully saturated rings. The maximum atomic E-state index is 12.4. The fourth-order valence-corrected chi connectivity index (χ4v) is 3.94. The normalized spacial score (nSPS) is 21.4. The summed E-state index contributed by atoms with van der Waals surface area (Å²) in [5, 5.41) is 0. The number of thioether (sulfide) groups is 1. The van der Waals surface area contributed by atoms with E-state index in [9.17, 15) is 9.59 Å². The molecule has 1 spiro atoms. The lowest BCUT2D eigenvalue weighted by Gasteiger charge is -2.37. The standard InChI is InChI=1S/C14H18N2O3S/c1-15-6-2-3-11(12(15)17)13(18)16-7-4-14(5-8-16)19-9-10-20-14/h2-3,6H,4-5,7-10H2,1H3. The van der Waals surface area contributed by atoms with E-state index in [0.717, 1.165) is 25.2 Å². The van der Waals surface area contributed by atoms with Gasteiger partial charge in [0.15, 0.2) is 0 Å². The van der Waals surface area contributed by atoms with E-state index in [1.165, 1.54) is 4.57 Å². The van der Waals surface area contributed by atoms with E-state index >= 15 is 0 Å². The van der Waals surface area contributed by atoms with Crippen molar-refractivity contribution >= 4 is 17.7 Å². The predicted molar refractivity (Wildman–Crippen MR) is 78.0 cm³/mol. The number of aryl methyl sites for hydroxylation is 1. The highest BCUT2D eigenvalue weighted by atomic mass is 32.2. The van der Waals surface area contributed by atoms with Crippen LogP contribution in [0.2, 0.25) is 0 Å². The van der Waals surface area contributed by atoms with Crippen molar-refractivity contribution in [3.8, 4) is 0 Å². The third-order valence-electron chi connectivity index (χ3n) is 3.98. The van der Waals surface area contributed by atoms with Gasteiger partial charge in [-0.2, -0.15) is 0 Å². The van der Waals surface area contributed by atoms with Crippen LogP contribution in [0.25, 0.3) is 0 Å². The van der Waals surface area contributed by atoms with Crippen molar-refractivity contribution in [1.29, 1.82) is 0 Å². The van der Waals surface area contributed by atoms with Crippen LogP contribution in [0.3, 0.4) is 0 Å². The maximum absolute atomic E-state index is 12.4. The van der Waals surface area contributed by atoms with Gasteiger partial charge in [0.05, 0.1) is 6.61 Å². The van der Waals surface area contributed by atoms with Crippen LogP contribution in [0.15, 0.2) is 23.1 Å². The van der Waals surface area contributed by atoms with E-state index in [1.807, 2.05) is 11.8 Å². The number of nitrogens with zero attached hydrogens (tertiary/aromatic N) is 2. The Balaban J connectivity index is 1.73. The van der Waals surface area contributed by atoms with Gasteiger partial charge in [0.2, 0.25) is 0 Å². The minimum Gasteiger partial charge on any atom is -0.363 e. The Morgan fingerprint density at radius 3 is 2.80 bits per heavy atom. The zero-order chi connectivity index (χ0) is 14.2. The van der Waals surface area contributed by atoms with Gasteiger partial charge in [0, 0.05) is 44.9 Å². The van der Waals surface area contributed by atoms with Crippen molar-refractivity contribution in [1.82, 2.24) is 9.47 Å². The SMILES string of the molecule is Cn1cccc(C(=O)N2CCC3(CC2)OCCS3)c1=O. The van der Waals surface area contributed by atoms with Crippen molar-refractivity contribution < 1.29 is 9.53 Å². The number of pyridine rings is 1. The molecule has 0 radical (unpaired) electrons. The van der Waals surface area contributed by atoms with Crippen molar-refractivity contribution in [2.45, 2.75) is 17.8 Å². The summed E-state index contributed by atoms with van der Waals surface area (Å²) in [5.74, 6) is 0.872. The molecule has 0 unspecified atom stereocenters. The molecule has 20 heavy (non-hydrogen) atoms. The quantitative estimate of drug-likeness (QED) is 0.778. The Labute approximate surface area is 121 Å². The zero-order valence-electron chi connectivity index (χ0n) is 11.5. The molecule has 6 heteroatoms. The van der Waals surface area contributed by atoms with Crippen LogP contribution in [0.4, 0.5) is 0 Å². The molecule has 2 aliphatic rings. The summed E-state index contributed by atoms with van der Waals surface area (Å²) in [6, 6.07) is 3.34. The highest BCUT2D eigenvalue weighted by Gasteiger charge is 2.40. The van der Waals surface area contributed by atoms with Gasteiger partial charge in [-0.25, -0.2) is 0 Å². The molecule has 3 rings (SSSR count). The number of carbonyl (C=O) groups excluding carboxylic acids is 1. The summed E-state index contributed by atoms with van der Waals surface area (Å²) < 4.78 is 7.26. The fourth-order valence-electron chi connectivity index (χ4n) is 2.77. The predicted octanol–water partition coefficient (Wildman–Crippen LogP) is 1.08. The van der Waals surface area contributed by atoms with Gasteiger partial charge >= 0.3 is 0 Å². The molecule has 2 saturated heterocycles. The molecule has 0 aromatic carbocycles. The van der Waals surface area contributed by atoms with E-state index in [0.29, 0.717) is 13.1 Å². The molecule has 1 aromatic heterocycles. The number of piperidine rings is 1. The monoisotopic (exact) mass is 294 g/mol.